The fraction of sp³-hybridized carbons (Fsp3) is 0.200. The molecule has 0 spiro atoms. The molecular formula is C25H18N6O2S2. The highest BCUT2D eigenvalue weighted by Crippen LogP contribution is 2.36. The number of nitriles is 1. The molecule has 4 heterocycles. The lowest BCUT2D eigenvalue weighted by atomic mass is 10.2. The summed E-state index contributed by atoms with van der Waals surface area (Å²) >= 11 is 3.30. The van der Waals surface area contributed by atoms with Crippen molar-refractivity contribution in [2.24, 2.45) is 0 Å². The Labute approximate surface area is 208 Å². The van der Waals surface area contributed by atoms with Gasteiger partial charge < -0.3 is 9.73 Å². The Morgan fingerprint density at radius 1 is 1.09 bits per heavy atom. The van der Waals surface area contributed by atoms with Crippen LogP contribution in [0.15, 0.2) is 59.1 Å². The van der Waals surface area contributed by atoms with Gasteiger partial charge >= 0.3 is 0 Å². The number of pyridine rings is 1. The Balaban J connectivity index is 1.15. The van der Waals surface area contributed by atoms with Gasteiger partial charge in [0.25, 0.3) is 0 Å². The van der Waals surface area contributed by atoms with E-state index in [4.69, 9.17) is 14.7 Å². The molecule has 8 nitrogen and oxygen atoms in total. The number of thiazole rings is 1. The molecule has 1 aromatic carbocycles. The third-order valence-corrected chi connectivity index (χ3v) is 7.88. The predicted octanol–water partition coefficient (Wildman–Crippen LogP) is 4.78. The molecule has 1 N–H and O–H groups in total. The molecule has 1 aliphatic carbocycles. The zero-order chi connectivity index (χ0) is 23.8. The molecule has 0 bridgehead atoms. The van der Waals surface area contributed by atoms with Crippen molar-refractivity contribution in [2.45, 2.75) is 31.2 Å². The van der Waals surface area contributed by atoms with Gasteiger partial charge in [-0.1, -0.05) is 12.1 Å². The highest BCUT2D eigenvalue weighted by molar-refractivity contribution is 7.19. The van der Waals surface area contributed by atoms with Gasteiger partial charge in [0.05, 0.1) is 33.3 Å². The summed E-state index contributed by atoms with van der Waals surface area (Å²) in [5.41, 5.74) is 2.32. The minimum atomic E-state index is -0.705. The predicted molar refractivity (Wildman–Crippen MR) is 133 cm³/mol. The first kappa shape index (κ1) is 21.6. The number of benzene rings is 1. The van der Waals surface area contributed by atoms with Crippen LogP contribution in [0.3, 0.4) is 0 Å². The number of amides is 1. The Morgan fingerprint density at radius 2 is 1.94 bits per heavy atom. The maximum atomic E-state index is 12.1. The van der Waals surface area contributed by atoms with E-state index in [-0.39, 0.29) is 18.2 Å². The van der Waals surface area contributed by atoms with Crippen LogP contribution in [-0.2, 0) is 17.6 Å². The second-order valence-electron chi connectivity index (χ2n) is 8.35. The number of thiophene rings is 1. The molecule has 1 saturated carbocycles. The summed E-state index contributed by atoms with van der Waals surface area (Å²) in [6, 6.07) is 18.5. The molecule has 0 radical (unpaired) electrons. The van der Waals surface area contributed by atoms with Crippen molar-refractivity contribution in [3.05, 3.63) is 71.5 Å². The van der Waals surface area contributed by atoms with E-state index >= 15 is 0 Å². The Morgan fingerprint density at radius 3 is 2.74 bits per heavy atom. The summed E-state index contributed by atoms with van der Waals surface area (Å²) in [7, 11) is 0. The summed E-state index contributed by atoms with van der Waals surface area (Å²) in [5.74, 6) is 0.356. The van der Waals surface area contributed by atoms with Crippen LogP contribution >= 0.6 is 22.7 Å². The standard InChI is InChI=1S/C25H18N6O2S2/c26-14-25(8-9-25)29-21(32)12-22-30-31-23(33-22)13-24-28-17-5-4-15(11-20(17)35-24)18-6-7-19(34-18)16-3-1-2-10-27-16/h1-7,10-11H,8-9,12-13H2,(H,29,32). The van der Waals surface area contributed by atoms with E-state index in [1.165, 1.54) is 4.88 Å². The lowest BCUT2D eigenvalue weighted by molar-refractivity contribution is -0.121. The number of aromatic nitrogens is 4. The first-order valence-corrected chi connectivity index (χ1v) is 12.7. The van der Waals surface area contributed by atoms with Crippen LogP contribution in [0.1, 0.15) is 29.6 Å². The van der Waals surface area contributed by atoms with Gasteiger partial charge in [-0.05, 0) is 54.8 Å². The van der Waals surface area contributed by atoms with Crippen LogP contribution < -0.4 is 5.32 Å². The number of fused-ring (bicyclic) bond motifs is 1. The molecule has 1 amide bonds. The third kappa shape index (κ3) is 4.56. The van der Waals surface area contributed by atoms with Gasteiger partial charge in [0, 0.05) is 11.1 Å². The average Bonchev–Trinajstić information content (AvgIpc) is 3.23. The molecule has 4 aromatic heterocycles. The Kier molecular flexibility index (Phi) is 5.36. The van der Waals surface area contributed by atoms with Gasteiger partial charge in [-0.25, -0.2) is 4.98 Å². The van der Waals surface area contributed by atoms with E-state index in [1.54, 1.807) is 28.9 Å². The SMILES string of the molecule is N#CC1(NC(=O)Cc2nnc(Cc3nc4ccc(-c5ccc(-c6ccccn6)s5)cc4s3)o2)CC1. The summed E-state index contributed by atoms with van der Waals surface area (Å²) in [6.45, 7) is 0. The Bertz CT molecular complexity index is 1580. The molecule has 10 heteroatoms. The summed E-state index contributed by atoms with van der Waals surface area (Å²) in [6.07, 6.45) is 3.52. The minimum Gasteiger partial charge on any atom is -0.424 e. The summed E-state index contributed by atoms with van der Waals surface area (Å²) in [5, 5.41) is 20.7. The number of hydrogen-bond donors (Lipinski definition) is 1. The molecule has 0 aliphatic heterocycles. The fourth-order valence-corrected chi connectivity index (χ4v) is 5.72. The van der Waals surface area contributed by atoms with Crippen LogP contribution in [0.5, 0.6) is 0 Å². The van der Waals surface area contributed by atoms with Gasteiger partial charge in [-0.15, -0.1) is 32.9 Å². The van der Waals surface area contributed by atoms with Gasteiger partial charge in [-0.2, -0.15) is 5.26 Å². The van der Waals surface area contributed by atoms with E-state index < -0.39 is 5.54 Å². The molecule has 35 heavy (non-hydrogen) atoms. The normalized spacial score (nSPS) is 14.0. The van der Waals surface area contributed by atoms with Crippen molar-refractivity contribution in [2.75, 3.05) is 0 Å². The van der Waals surface area contributed by atoms with Crippen molar-refractivity contribution < 1.29 is 9.21 Å². The van der Waals surface area contributed by atoms with Gasteiger partial charge in [0.2, 0.25) is 17.7 Å². The van der Waals surface area contributed by atoms with Crippen molar-refractivity contribution in [3.8, 4) is 27.1 Å². The van der Waals surface area contributed by atoms with Crippen LogP contribution in [0, 0.1) is 11.3 Å². The molecule has 1 aliphatic rings. The molecule has 5 aromatic rings. The van der Waals surface area contributed by atoms with Gasteiger partial charge in [0.15, 0.2) is 0 Å². The van der Waals surface area contributed by atoms with E-state index in [1.807, 2.05) is 24.3 Å². The maximum Gasteiger partial charge on any atom is 0.230 e. The summed E-state index contributed by atoms with van der Waals surface area (Å²) < 4.78 is 6.74. The molecule has 0 unspecified atom stereocenters. The second-order valence-corrected chi connectivity index (χ2v) is 10.6. The largest absolute Gasteiger partial charge is 0.424 e. The van der Waals surface area contributed by atoms with Crippen LogP contribution in [0.2, 0.25) is 0 Å². The van der Waals surface area contributed by atoms with Crippen LogP contribution in [-0.4, -0.2) is 31.6 Å². The maximum absolute atomic E-state index is 12.1. The number of carbonyl (C=O) groups is 1. The first-order valence-electron chi connectivity index (χ1n) is 11.0. The molecule has 0 saturated heterocycles. The summed E-state index contributed by atoms with van der Waals surface area (Å²) in [4.78, 5) is 23.6. The number of carbonyl (C=O) groups excluding carboxylic acids is 1. The van der Waals surface area contributed by atoms with E-state index in [2.05, 4.69) is 50.8 Å². The molecule has 172 valence electrons. The fourth-order valence-electron chi connectivity index (χ4n) is 3.74. The molecule has 6 rings (SSSR count). The van der Waals surface area contributed by atoms with E-state index in [0.717, 1.165) is 31.4 Å². The third-order valence-electron chi connectivity index (χ3n) is 5.71. The van der Waals surface area contributed by atoms with Crippen molar-refractivity contribution in [1.82, 2.24) is 25.5 Å². The zero-order valence-corrected chi connectivity index (χ0v) is 20.0. The smallest absolute Gasteiger partial charge is 0.230 e. The monoisotopic (exact) mass is 498 g/mol. The second kappa shape index (κ2) is 8.69. The number of hydrogen-bond acceptors (Lipinski definition) is 9. The van der Waals surface area contributed by atoms with E-state index in [9.17, 15) is 4.79 Å². The molecule has 0 atom stereocenters. The highest BCUT2D eigenvalue weighted by atomic mass is 32.1. The zero-order valence-electron chi connectivity index (χ0n) is 18.4. The lowest BCUT2D eigenvalue weighted by Gasteiger charge is -2.06. The Hall–Kier alpha value is -3.94. The first-order chi connectivity index (χ1) is 17.1. The quantitative estimate of drug-likeness (QED) is 0.343. The highest BCUT2D eigenvalue weighted by Gasteiger charge is 2.44. The van der Waals surface area contributed by atoms with Crippen molar-refractivity contribution in [3.63, 3.8) is 0 Å². The number of nitrogens with one attached hydrogen (secondary N) is 1. The van der Waals surface area contributed by atoms with Crippen molar-refractivity contribution in [1.29, 1.82) is 5.26 Å². The molecule has 1 fully saturated rings. The topological polar surface area (TPSA) is 118 Å². The van der Waals surface area contributed by atoms with Crippen LogP contribution in [0.4, 0.5) is 0 Å². The lowest BCUT2D eigenvalue weighted by Crippen LogP contribution is -2.36. The van der Waals surface area contributed by atoms with Gasteiger partial charge in [-0.3, -0.25) is 9.78 Å². The van der Waals surface area contributed by atoms with Gasteiger partial charge in [0.1, 0.15) is 17.0 Å². The average molecular weight is 499 g/mol. The van der Waals surface area contributed by atoms with Crippen LogP contribution in [0.25, 0.3) is 31.2 Å². The van der Waals surface area contributed by atoms with E-state index in [0.29, 0.717) is 25.2 Å². The number of rotatable bonds is 7. The molecular weight excluding hydrogens is 480 g/mol. The number of nitrogens with zero attached hydrogens (tertiary/aromatic N) is 5. The minimum absolute atomic E-state index is 0.0407. The van der Waals surface area contributed by atoms with Crippen molar-refractivity contribution >= 4 is 38.8 Å².